The predicted octanol–water partition coefficient (Wildman–Crippen LogP) is 22.6. The standard InChI is InChI=1S/C14H15N.2C13H13N.4C12H11N/c1-10-9-15-14(12(3)11(10)2)13-7-5-4-6-8-13;1-10-8-13(14-9-11(10)2)12-6-4-3-5-7-12;1-10-8-9-14-13(11(10)2)12-6-4-3-5-7-12;1-10-6-5-9-13-12(10)11-7-3-2-4-8-11;1-10-6-5-9-12(13-10)11-7-3-2-4-8-11;1-10-7-8-13-12(9-10)11-5-3-2-4-6-11;1-10-7-8-12(13-9-10)11-5-3-2-4-6-11/h4-9H,1-3H3;2*3-9H,1-2H3;4*2-9H,1H3/i;2D3;;;1D3;;1D3. The van der Waals surface area contributed by atoms with Gasteiger partial charge in [0.05, 0.1) is 39.9 Å². The molecule has 0 saturated carbocycles. The maximum Gasteiger partial charge on any atom is 0.0733 e. The van der Waals surface area contributed by atoms with E-state index in [1.807, 2.05) is 219 Å². The normalized spacial score (nSPS) is 11.9. The summed E-state index contributed by atoms with van der Waals surface area (Å²) in [6.07, 6.45) is 10.3. The van der Waals surface area contributed by atoms with Crippen LogP contribution in [0.5, 0.6) is 0 Å². The number of rotatable bonds is 7. The number of pyridine rings is 7. The van der Waals surface area contributed by atoms with E-state index in [4.69, 9.17) is 12.3 Å². The van der Waals surface area contributed by atoms with Gasteiger partial charge in [-0.3, -0.25) is 34.9 Å². The van der Waals surface area contributed by atoms with Crippen molar-refractivity contribution >= 4 is 0 Å². The van der Waals surface area contributed by atoms with Crippen LogP contribution in [0.1, 0.15) is 73.7 Å². The van der Waals surface area contributed by atoms with Gasteiger partial charge in [0.2, 0.25) is 0 Å². The van der Waals surface area contributed by atoms with E-state index in [9.17, 15) is 0 Å². The second kappa shape index (κ2) is 36.6. The van der Waals surface area contributed by atoms with Crippen molar-refractivity contribution in [1.29, 1.82) is 0 Å². The summed E-state index contributed by atoms with van der Waals surface area (Å²) in [6, 6.07) is 90.4. The van der Waals surface area contributed by atoms with E-state index in [0.29, 0.717) is 11.3 Å². The minimum atomic E-state index is -2.15. The quantitative estimate of drug-likeness (QED) is 0.157. The van der Waals surface area contributed by atoms with E-state index < -0.39 is 20.6 Å². The lowest BCUT2D eigenvalue weighted by molar-refractivity contribution is 1.17. The summed E-state index contributed by atoms with van der Waals surface area (Å²) in [4.78, 5) is 30.1. The third-order valence-electron chi connectivity index (χ3n) is 15.3. The summed E-state index contributed by atoms with van der Waals surface area (Å²) in [6.45, 7) is 10.3. The molecular weight excluding hydrogens is 1160 g/mol. The molecule has 7 aromatic heterocycles. The van der Waals surface area contributed by atoms with E-state index in [2.05, 4.69) is 144 Å². The maximum absolute atomic E-state index is 7.38. The maximum atomic E-state index is 7.38. The van der Waals surface area contributed by atoms with Crippen LogP contribution in [0, 0.1) is 75.9 Å². The molecule has 0 N–H and O–H groups in total. The van der Waals surface area contributed by atoms with Crippen molar-refractivity contribution in [2.45, 2.75) is 75.9 Å². The Balaban J connectivity index is 0.000000154. The second-order valence-electron chi connectivity index (χ2n) is 22.3. The van der Waals surface area contributed by atoms with Gasteiger partial charge in [0, 0.05) is 94.2 Å². The van der Waals surface area contributed by atoms with Crippen LogP contribution >= 0.6 is 0 Å². The summed E-state index contributed by atoms with van der Waals surface area (Å²) in [7, 11) is 0. The molecule has 0 unspecified atom stereocenters. The molecule has 0 aliphatic heterocycles. The van der Waals surface area contributed by atoms with Crippen LogP contribution in [0.25, 0.3) is 78.8 Å². The average molecular weight is 1250 g/mol. The lowest BCUT2D eigenvalue weighted by Crippen LogP contribution is -1.94. The molecule has 0 saturated heterocycles. The van der Waals surface area contributed by atoms with Crippen molar-refractivity contribution in [3.63, 3.8) is 0 Å². The fourth-order valence-corrected chi connectivity index (χ4v) is 9.62. The Morgan fingerprint density at radius 3 is 1.18 bits per heavy atom. The number of hydrogen-bond acceptors (Lipinski definition) is 7. The summed E-state index contributed by atoms with van der Waals surface area (Å²) in [5.41, 5.74) is 24.6. The van der Waals surface area contributed by atoms with E-state index >= 15 is 0 Å². The zero-order valence-electron chi connectivity index (χ0n) is 64.2. The molecule has 14 rings (SSSR count). The molecule has 0 spiro atoms. The first-order chi connectivity index (χ1) is 49.8. The lowest BCUT2D eigenvalue weighted by Gasteiger charge is -2.09. The Bertz CT molecular complexity index is 4910. The molecule has 7 nitrogen and oxygen atoms in total. The lowest BCUT2D eigenvalue weighted by atomic mass is 10.0. The summed E-state index contributed by atoms with van der Waals surface area (Å²) >= 11 is 0. The van der Waals surface area contributed by atoms with Gasteiger partial charge in [-0.2, -0.15) is 0 Å². The van der Waals surface area contributed by atoms with Crippen molar-refractivity contribution in [2.24, 2.45) is 0 Å². The summed E-state index contributed by atoms with van der Waals surface area (Å²) < 4.78 is 65.8. The molecule has 14 aromatic rings. The topological polar surface area (TPSA) is 90.2 Å². The van der Waals surface area contributed by atoms with E-state index in [1.165, 1.54) is 79.7 Å². The van der Waals surface area contributed by atoms with Crippen LogP contribution < -0.4 is 0 Å². The highest BCUT2D eigenvalue weighted by molar-refractivity contribution is 5.67. The number of aryl methyl sites for hydroxylation is 8. The fourth-order valence-electron chi connectivity index (χ4n) is 9.62. The molecule has 7 heteroatoms. The van der Waals surface area contributed by atoms with Gasteiger partial charge in [0.15, 0.2) is 0 Å². The van der Waals surface area contributed by atoms with Crippen molar-refractivity contribution in [2.75, 3.05) is 0 Å². The Hall–Kier alpha value is -11.4. The Morgan fingerprint density at radius 2 is 0.695 bits per heavy atom. The van der Waals surface area contributed by atoms with Gasteiger partial charge in [0.1, 0.15) is 0 Å². The SMILES string of the molecule is Cc1cccnc1-c1ccccc1.Cc1ccnc(-c2ccccc2)c1.Cc1ccnc(-c2ccccc2)c1C.Cc1cnc(-c2ccccc2)c(C)c1C.[2H]C([2H])([2H])c1ccc(-c2ccccc2)nc1.[2H]C([2H])([2H])c1cccc(-c2ccccc2)n1.[2H]C([2H])([2H])c1cnc(-c2ccccc2)cc1C. The molecule has 472 valence electrons. The molecular formula is C88H85N7. The average Bonchev–Trinajstić information content (AvgIpc) is 0.822. The van der Waals surface area contributed by atoms with Gasteiger partial charge in [-0.05, 0) is 180 Å². The minimum Gasteiger partial charge on any atom is -0.256 e. The third-order valence-corrected chi connectivity index (χ3v) is 15.3. The summed E-state index contributed by atoms with van der Waals surface area (Å²) in [5, 5.41) is 0. The monoisotopic (exact) mass is 1250 g/mol. The van der Waals surface area contributed by atoms with Crippen LogP contribution in [-0.4, -0.2) is 34.9 Å². The molecule has 0 bridgehead atoms. The van der Waals surface area contributed by atoms with Gasteiger partial charge in [-0.25, -0.2) is 0 Å². The van der Waals surface area contributed by atoms with Crippen molar-refractivity contribution < 1.29 is 12.3 Å². The third kappa shape index (κ3) is 21.6. The van der Waals surface area contributed by atoms with Gasteiger partial charge < -0.3 is 0 Å². The highest BCUT2D eigenvalue weighted by Crippen LogP contribution is 2.26. The predicted molar refractivity (Wildman–Crippen MR) is 400 cm³/mol. The van der Waals surface area contributed by atoms with E-state index in [1.54, 1.807) is 25.1 Å². The van der Waals surface area contributed by atoms with Crippen LogP contribution in [0.4, 0.5) is 0 Å². The summed E-state index contributed by atoms with van der Waals surface area (Å²) in [5.74, 6) is 0. The smallest absolute Gasteiger partial charge is 0.0733 e. The molecule has 95 heavy (non-hydrogen) atoms. The first-order valence-corrected chi connectivity index (χ1v) is 31.3. The van der Waals surface area contributed by atoms with Crippen molar-refractivity contribution in [3.8, 4) is 78.8 Å². The molecule has 0 fully saturated rings. The van der Waals surface area contributed by atoms with Gasteiger partial charge >= 0.3 is 0 Å². The highest BCUT2D eigenvalue weighted by atomic mass is 14.7. The Labute approximate surface area is 576 Å². The highest BCUT2D eigenvalue weighted by Gasteiger charge is 2.08. The number of benzene rings is 7. The van der Waals surface area contributed by atoms with Crippen LogP contribution in [-0.2, 0) is 0 Å². The zero-order chi connectivity index (χ0) is 74.7. The Kier molecular flexibility index (Phi) is 22.1. The van der Waals surface area contributed by atoms with Crippen LogP contribution in [0.15, 0.2) is 316 Å². The van der Waals surface area contributed by atoms with Gasteiger partial charge in [-0.1, -0.05) is 231 Å². The van der Waals surface area contributed by atoms with Crippen molar-refractivity contribution in [1.82, 2.24) is 34.9 Å². The first-order valence-electron chi connectivity index (χ1n) is 35.8. The number of nitrogens with zero attached hydrogens (tertiary/aromatic N) is 7. The van der Waals surface area contributed by atoms with E-state index in [-0.39, 0.29) is 11.3 Å². The molecule has 0 aliphatic rings. The number of aromatic nitrogens is 7. The minimum absolute atomic E-state index is 0.133. The molecule has 0 atom stereocenters. The second-order valence-corrected chi connectivity index (χ2v) is 22.3. The zero-order valence-corrected chi connectivity index (χ0v) is 55.2. The Morgan fingerprint density at radius 1 is 0.232 bits per heavy atom. The van der Waals surface area contributed by atoms with E-state index in [0.717, 1.165) is 56.4 Å². The molecule has 7 heterocycles. The molecule has 0 radical (unpaired) electrons. The largest absolute Gasteiger partial charge is 0.256 e. The fraction of sp³-hybridized carbons (Fsp3) is 0.125. The molecule has 0 aliphatic carbocycles. The van der Waals surface area contributed by atoms with Gasteiger partial charge in [-0.15, -0.1) is 0 Å². The molecule has 7 aromatic carbocycles. The van der Waals surface area contributed by atoms with Gasteiger partial charge in [0.25, 0.3) is 0 Å². The van der Waals surface area contributed by atoms with Crippen LogP contribution in [0.2, 0.25) is 0 Å². The van der Waals surface area contributed by atoms with Crippen molar-refractivity contribution in [3.05, 3.63) is 378 Å². The number of hydrogen-bond donors (Lipinski definition) is 0. The van der Waals surface area contributed by atoms with Crippen LogP contribution in [0.3, 0.4) is 0 Å². The first kappa shape index (κ1) is 57.5. The molecule has 0 amide bonds.